The van der Waals surface area contributed by atoms with Crippen molar-refractivity contribution >= 4 is 11.8 Å². The number of unbranched alkanes of at least 4 members (excludes halogenated alkanes) is 2. The summed E-state index contributed by atoms with van der Waals surface area (Å²) in [5.74, 6) is 0.222. The van der Waals surface area contributed by atoms with Crippen LogP contribution in [0.2, 0.25) is 0 Å². The van der Waals surface area contributed by atoms with Gasteiger partial charge in [-0.1, -0.05) is 19.8 Å². The Bertz CT molecular complexity index is 301. The van der Waals surface area contributed by atoms with Gasteiger partial charge in [-0.2, -0.15) is 0 Å². The largest absolute Gasteiger partial charge is 0.355 e. The molecule has 2 amide bonds. The minimum absolute atomic E-state index is 0.0229. The monoisotopic (exact) mass is 283 g/mol. The summed E-state index contributed by atoms with van der Waals surface area (Å²) >= 11 is 0. The van der Waals surface area contributed by atoms with Crippen LogP contribution in [-0.2, 0) is 9.59 Å². The SMILES string of the molecule is CCCCCNC(=O)C(C)NCCC(=O)N1CCCC1. The van der Waals surface area contributed by atoms with E-state index in [4.69, 9.17) is 0 Å². The van der Waals surface area contributed by atoms with Crippen molar-refractivity contribution in [2.24, 2.45) is 0 Å². The average Bonchev–Trinajstić information content (AvgIpc) is 2.97. The van der Waals surface area contributed by atoms with Crippen LogP contribution >= 0.6 is 0 Å². The number of rotatable bonds is 9. The summed E-state index contributed by atoms with van der Waals surface area (Å²) in [7, 11) is 0. The van der Waals surface area contributed by atoms with Gasteiger partial charge >= 0.3 is 0 Å². The summed E-state index contributed by atoms with van der Waals surface area (Å²) in [4.78, 5) is 25.5. The lowest BCUT2D eigenvalue weighted by Gasteiger charge is -2.17. The summed E-state index contributed by atoms with van der Waals surface area (Å²) in [6.07, 6.45) is 6.05. The minimum atomic E-state index is -0.233. The molecule has 1 heterocycles. The van der Waals surface area contributed by atoms with E-state index >= 15 is 0 Å². The van der Waals surface area contributed by atoms with E-state index in [1.54, 1.807) is 0 Å². The van der Waals surface area contributed by atoms with E-state index in [-0.39, 0.29) is 17.9 Å². The minimum Gasteiger partial charge on any atom is -0.355 e. The van der Waals surface area contributed by atoms with Crippen molar-refractivity contribution in [3.05, 3.63) is 0 Å². The first kappa shape index (κ1) is 17.0. The van der Waals surface area contributed by atoms with Gasteiger partial charge in [0.15, 0.2) is 0 Å². The molecule has 5 nitrogen and oxygen atoms in total. The second kappa shape index (κ2) is 9.75. The van der Waals surface area contributed by atoms with Gasteiger partial charge in [-0.25, -0.2) is 0 Å². The number of likely N-dealkylation sites (tertiary alicyclic amines) is 1. The molecule has 20 heavy (non-hydrogen) atoms. The predicted octanol–water partition coefficient (Wildman–Crippen LogP) is 1.28. The van der Waals surface area contributed by atoms with Gasteiger partial charge in [0.2, 0.25) is 11.8 Å². The van der Waals surface area contributed by atoms with Crippen molar-refractivity contribution in [1.82, 2.24) is 15.5 Å². The third kappa shape index (κ3) is 6.37. The van der Waals surface area contributed by atoms with Crippen molar-refractivity contribution < 1.29 is 9.59 Å². The molecule has 0 saturated carbocycles. The second-order valence-electron chi connectivity index (χ2n) is 5.51. The maximum absolute atomic E-state index is 11.8. The molecule has 1 fully saturated rings. The number of nitrogens with zero attached hydrogens (tertiary/aromatic N) is 1. The van der Waals surface area contributed by atoms with Gasteiger partial charge < -0.3 is 15.5 Å². The van der Waals surface area contributed by atoms with E-state index in [1.165, 1.54) is 0 Å². The summed E-state index contributed by atoms with van der Waals surface area (Å²) in [6, 6.07) is -0.233. The van der Waals surface area contributed by atoms with Crippen LogP contribution in [0.15, 0.2) is 0 Å². The Labute approximate surface area is 122 Å². The second-order valence-corrected chi connectivity index (χ2v) is 5.51. The number of nitrogens with one attached hydrogen (secondary N) is 2. The van der Waals surface area contributed by atoms with Gasteiger partial charge in [-0.05, 0) is 26.2 Å². The fourth-order valence-corrected chi connectivity index (χ4v) is 2.35. The highest BCUT2D eigenvalue weighted by atomic mass is 16.2. The van der Waals surface area contributed by atoms with E-state index in [0.29, 0.717) is 13.0 Å². The first-order valence-corrected chi connectivity index (χ1v) is 7.94. The molecular formula is C15H29N3O2. The van der Waals surface area contributed by atoms with E-state index in [2.05, 4.69) is 17.6 Å². The zero-order valence-corrected chi connectivity index (χ0v) is 12.9. The van der Waals surface area contributed by atoms with Gasteiger partial charge in [0.1, 0.15) is 0 Å². The molecule has 1 unspecified atom stereocenters. The Kier molecular flexibility index (Phi) is 8.26. The number of hydrogen-bond acceptors (Lipinski definition) is 3. The predicted molar refractivity (Wildman–Crippen MR) is 80.4 cm³/mol. The third-order valence-electron chi connectivity index (χ3n) is 3.72. The fraction of sp³-hybridized carbons (Fsp3) is 0.867. The lowest BCUT2D eigenvalue weighted by Crippen LogP contribution is -2.43. The summed E-state index contributed by atoms with van der Waals surface area (Å²) < 4.78 is 0. The van der Waals surface area contributed by atoms with Crippen LogP contribution in [-0.4, -0.2) is 48.9 Å². The number of hydrogen-bond donors (Lipinski definition) is 2. The van der Waals surface area contributed by atoms with Crippen LogP contribution in [0.3, 0.4) is 0 Å². The molecule has 0 aromatic rings. The Morgan fingerprint density at radius 1 is 1.15 bits per heavy atom. The van der Waals surface area contributed by atoms with Crippen LogP contribution < -0.4 is 10.6 Å². The molecule has 1 atom stereocenters. The van der Waals surface area contributed by atoms with Gasteiger partial charge in [0.05, 0.1) is 6.04 Å². The van der Waals surface area contributed by atoms with E-state index in [9.17, 15) is 9.59 Å². The topological polar surface area (TPSA) is 61.4 Å². The van der Waals surface area contributed by atoms with Crippen molar-refractivity contribution in [2.75, 3.05) is 26.2 Å². The maximum atomic E-state index is 11.8. The Balaban J connectivity index is 2.07. The molecule has 1 rings (SSSR count). The Morgan fingerprint density at radius 3 is 2.50 bits per heavy atom. The lowest BCUT2D eigenvalue weighted by atomic mass is 10.2. The van der Waals surface area contributed by atoms with E-state index in [0.717, 1.165) is 51.7 Å². The van der Waals surface area contributed by atoms with Gasteiger partial charge in [0.25, 0.3) is 0 Å². The van der Waals surface area contributed by atoms with Gasteiger partial charge in [0, 0.05) is 32.6 Å². The molecule has 1 saturated heterocycles. The quantitative estimate of drug-likeness (QED) is 0.627. The normalized spacial score (nSPS) is 16.2. The van der Waals surface area contributed by atoms with Crippen molar-refractivity contribution in [2.45, 2.75) is 58.4 Å². The summed E-state index contributed by atoms with van der Waals surface area (Å²) in [5.41, 5.74) is 0. The third-order valence-corrected chi connectivity index (χ3v) is 3.72. The molecule has 1 aliphatic heterocycles. The maximum Gasteiger partial charge on any atom is 0.236 e. The van der Waals surface area contributed by atoms with Crippen LogP contribution in [0.25, 0.3) is 0 Å². The van der Waals surface area contributed by atoms with Crippen LogP contribution in [0.5, 0.6) is 0 Å². The van der Waals surface area contributed by atoms with Gasteiger partial charge in [-0.3, -0.25) is 9.59 Å². The molecule has 2 N–H and O–H groups in total. The standard InChI is InChI=1S/C15H29N3O2/c1-3-4-5-9-17-15(20)13(2)16-10-8-14(19)18-11-6-7-12-18/h13,16H,3-12H2,1-2H3,(H,17,20). The summed E-state index contributed by atoms with van der Waals surface area (Å²) in [5, 5.41) is 6.03. The highest BCUT2D eigenvalue weighted by Gasteiger charge is 2.18. The molecular weight excluding hydrogens is 254 g/mol. The fourth-order valence-electron chi connectivity index (χ4n) is 2.35. The molecule has 116 valence electrons. The molecule has 0 spiro atoms. The number of carbonyl (C=O) groups is 2. The molecule has 0 aliphatic carbocycles. The highest BCUT2D eigenvalue weighted by Crippen LogP contribution is 2.08. The Hall–Kier alpha value is -1.10. The van der Waals surface area contributed by atoms with Crippen LogP contribution in [0.1, 0.15) is 52.4 Å². The highest BCUT2D eigenvalue weighted by molar-refractivity contribution is 5.81. The molecule has 5 heteroatoms. The molecule has 0 aromatic heterocycles. The lowest BCUT2D eigenvalue weighted by molar-refractivity contribution is -0.130. The first-order chi connectivity index (χ1) is 9.65. The van der Waals surface area contributed by atoms with E-state index < -0.39 is 0 Å². The van der Waals surface area contributed by atoms with Crippen molar-refractivity contribution in [3.63, 3.8) is 0 Å². The smallest absolute Gasteiger partial charge is 0.236 e. The van der Waals surface area contributed by atoms with Crippen molar-refractivity contribution in [1.29, 1.82) is 0 Å². The van der Waals surface area contributed by atoms with Crippen LogP contribution in [0, 0.1) is 0 Å². The molecule has 0 radical (unpaired) electrons. The van der Waals surface area contributed by atoms with Crippen molar-refractivity contribution in [3.8, 4) is 0 Å². The zero-order valence-electron chi connectivity index (χ0n) is 12.9. The summed E-state index contributed by atoms with van der Waals surface area (Å²) in [6.45, 7) is 7.09. The van der Waals surface area contributed by atoms with Crippen LogP contribution in [0.4, 0.5) is 0 Å². The molecule has 1 aliphatic rings. The van der Waals surface area contributed by atoms with Gasteiger partial charge in [-0.15, -0.1) is 0 Å². The number of amides is 2. The molecule has 0 aromatic carbocycles. The Morgan fingerprint density at radius 2 is 1.85 bits per heavy atom. The zero-order chi connectivity index (χ0) is 14.8. The molecule has 0 bridgehead atoms. The number of carbonyl (C=O) groups excluding carboxylic acids is 2. The average molecular weight is 283 g/mol. The first-order valence-electron chi connectivity index (χ1n) is 7.94. The van der Waals surface area contributed by atoms with E-state index in [1.807, 2.05) is 11.8 Å².